The standard InChI is InChI=1S/C27H31NO6S2/c1-4-5-6-7-8-9-17(2)34-22-13-10-18(14-23(22)33-3)15-24-25(30)28(27(35)36-24)19-11-12-21(29)20(16-19)26(31)32/h10-17,29H,4-9H2,1-3H3,(H,31,32)/b24-15+. The Morgan fingerprint density at radius 1 is 1.14 bits per heavy atom. The third-order valence-electron chi connectivity index (χ3n) is 5.79. The summed E-state index contributed by atoms with van der Waals surface area (Å²) in [5.41, 5.74) is 0.714. The van der Waals surface area contributed by atoms with Gasteiger partial charge in [0.15, 0.2) is 15.8 Å². The van der Waals surface area contributed by atoms with Crippen molar-refractivity contribution in [3.63, 3.8) is 0 Å². The Morgan fingerprint density at radius 2 is 1.89 bits per heavy atom. The lowest BCUT2D eigenvalue weighted by Crippen LogP contribution is -2.27. The van der Waals surface area contributed by atoms with Crippen molar-refractivity contribution in [3.8, 4) is 17.2 Å². The van der Waals surface area contributed by atoms with Crippen molar-refractivity contribution in [2.45, 2.75) is 58.5 Å². The molecule has 0 radical (unpaired) electrons. The van der Waals surface area contributed by atoms with Gasteiger partial charge in [0.2, 0.25) is 0 Å². The first-order valence-corrected chi connectivity index (χ1v) is 13.2. The van der Waals surface area contributed by atoms with E-state index in [4.69, 9.17) is 21.7 Å². The Hall–Kier alpha value is -3.04. The van der Waals surface area contributed by atoms with Crippen LogP contribution in [0.1, 0.15) is 68.3 Å². The minimum absolute atomic E-state index is 0.0589. The summed E-state index contributed by atoms with van der Waals surface area (Å²) >= 11 is 6.50. The average molecular weight is 530 g/mol. The number of carbonyl (C=O) groups excluding carboxylic acids is 1. The van der Waals surface area contributed by atoms with Crippen molar-refractivity contribution in [2.24, 2.45) is 0 Å². The van der Waals surface area contributed by atoms with Gasteiger partial charge in [-0.25, -0.2) is 4.79 Å². The molecule has 1 aliphatic heterocycles. The number of hydrogen-bond acceptors (Lipinski definition) is 7. The smallest absolute Gasteiger partial charge is 0.339 e. The van der Waals surface area contributed by atoms with Crippen molar-refractivity contribution in [2.75, 3.05) is 12.0 Å². The van der Waals surface area contributed by atoms with E-state index in [9.17, 15) is 19.8 Å². The normalized spacial score (nSPS) is 15.4. The number of thiocarbonyl (C=S) groups is 1. The fourth-order valence-corrected chi connectivity index (χ4v) is 5.16. The minimum Gasteiger partial charge on any atom is -0.507 e. The molecular weight excluding hydrogens is 498 g/mol. The highest BCUT2D eigenvalue weighted by molar-refractivity contribution is 8.27. The number of nitrogens with zero attached hydrogens (tertiary/aromatic N) is 1. The van der Waals surface area contributed by atoms with E-state index < -0.39 is 5.97 Å². The lowest BCUT2D eigenvalue weighted by molar-refractivity contribution is -0.113. The van der Waals surface area contributed by atoms with E-state index in [2.05, 4.69) is 13.8 Å². The van der Waals surface area contributed by atoms with Crippen molar-refractivity contribution < 1.29 is 29.3 Å². The van der Waals surface area contributed by atoms with Crippen LogP contribution in [-0.4, -0.2) is 39.6 Å². The predicted molar refractivity (Wildman–Crippen MR) is 147 cm³/mol. The Bertz CT molecular complexity index is 1160. The van der Waals surface area contributed by atoms with E-state index in [1.807, 2.05) is 12.1 Å². The number of ether oxygens (including phenoxy) is 2. The molecule has 192 valence electrons. The third kappa shape index (κ3) is 6.79. The van der Waals surface area contributed by atoms with Gasteiger partial charge in [0, 0.05) is 0 Å². The lowest BCUT2D eigenvalue weighted by Gasteiger charge is -2.17. The second kappa shape index (κ2) is 12.8. The van der Waals surface area contributed by atoms with E-state index in [1.54, 1.807) is 19.3 Å². The molecule has 36 heavy (non-hydrogen) atoms. The molecule has 1 saturated heterocycles. The van der Waals surface area contributed by atoms with Crippen LogP contribution in [0, 0.1) is 0 Å². The molecule has 1 atom stereocenters. The van der Waals surface area contributed by atoms with Crippen LogP contribution in [0.15, 0.2) is 41.3 Å². The number of carbonyl (C=O) groups is 2. The molecule has 0 spiro atoms. The van der Waals surface area contributed by atoms with Gasteiger partial charge in [-0.3, -0.25) is 9.69 Å². The molecule has 1 aliphatic rings. The monoisotopic (exact) mass is 529 g/mol. The van der Waals surface area contributed by atoms with Crippen molar-refractivity contribution in [1.82, 2.24) is 0 Å². The summed E-state index contributed by atoms with van der Waals surface area (Å²) in [5, 5.41) is 19.0. The summed E-state index contributed by atoms with van der Waals surface area (Å²) in [6, 6.07) is 9.40. The second-order valence-electron chi connectivity index (χ2n) is 8.57. The van der Waals surface area contributed by atoms with Gasteiger partial charge in [-0.1, -0.05) is 62.7 Å². The number of rotatable bonds is 12. The molecule has 3 rings (SSSR count). The molecule has 7 nitrogen and oxygen atoms in total. The average Bonchev–Trinajstić information content (AvgIpc) is 3.12. The van der Waals surface area contributed by atoms with Crippen molar-refractivity contribution in [1.29, 1.82) is 0 Å². The minimum atomic E-state index is -1.30. The fraction of sp³-hybridized carbons (Fsp3) is 0.370. The number of aromatic carboxylic acids is 1. The van der Waals surface area contributed by atoms with Gasteiger partial charge in [-0.15, -0.1) is 0 Å². The van der Waals surface area contributed by atoms with Crippen molar-refractivity contribution in [3.05, 3.63) is 52.4 Å². The molecular formula is C27H31NO6S2. The number of methoxy groups -OCH3 is 1. The Balaban J connectivity index is 1.73. The lowest BCUT2D eigenvalue weighted by atomic mass is 10.1. The zero-order valence-corrected chi connectivity index (χ0v) is 22.3. The van der Waals surface area contributed by atoms with E-state index in [0.717, 1.165) is 30.2 Å². The van der Waals surface area contributed by atoms with E-state index in [-0.39, 0.29) is 33.3 Å². The summed E-state index contributed by atoms with van der Waals surface area (Å²) < 4.78 is 11.9. The van der Waals surface area contributed by atoms with Crippen LogP contribution in [0.4, 0.5) is 5.69 Å². The number of amides is 1. The van der Waals surface area contributed by atoms with E-state index in [1.165, 1.54) is 48.8 Å². The Kier molecular flexibility index (Phi) is 9.78. The number of aromatic hydroxyl groups is 1. The SMILES string of the molecule is CCCCCCCC(C)Oc1ccc(/C=C2/SC(=S)N(c3ccc(O)c(C(=O)O)c3)C2=O)cc1OC. The van der Waals surface area contributed by atoms with Gasteiger partial charge in [-0.05, 0) is 61.7 Å². The van der Waals surface area contributed by atoms with Crippen LogP contribution < -0.4 is 14.4 Å². The first kappa shape index (κ1) is 27.5. The van der Waals surface area contributed by atoms with Gasteiger partial charge in [0.1, 0.15) is 11.3 Å². The molecule has 2 aromatic carbocycles. The number of unbranched alkanes of at least 4 members (excludes halogenated alkanes) is 4. The summed E-state index contributed by atoms with van der Waals surface area (Å²) in [5.74, 6) is -0.832. The molecule has 1 unspecified atom stereocenters. The van der Waals surface area contributed by atoms with Crippen LogP contribution in [0.25, 0.3) is 6.08 Å². The summed E-state index contributed by atoms with van der Waals surface area (Å²) in [4.78, 5) is 26.1. The number of anilines is 1. The highest BCUT2D eigenvalue weighted by Crippen LogP contribution is 2.38. The number of phenols is 1. The van der Waals surface area contributed by atoms with Crippen LogP contribution in [0.3, 0.4) is 0 Å². The van der Waals surface area contributed by atoms with E-state index >= 15 is 0 Å². The number of carboxylic acid groups (broad SMARTS) is 1. The molecule has 0 bridgehead atoms. The van der Waals surface area contributed by atoms with E-state index in [0.29, 0.717) is 16.4 Å². The van der Waals surface area contributed by atoms with Gasteiger partial charge >= 0.3 is 5.97 Å². The molecule has 1 heterocycles. The summed E-state index contributed by atoms with van der Waals surface area (Å²) in [7, 11) is 1.58. The predicted octanol–water partition coefficient (Wildman–Crippen LogP) is 6.63. The summed E-state index contributed by atoms with van der Waals surface area (Å²) in [6.07, 6.45) is 8.81. The fourth-order valence-electron chi connectivity index (χ4n) is 3.86. The maximum absolute atomic E-state index is 13.1. The summed E-state index contributed by atoms with van der Waals surface area (Å²) in [6.45, 7) is 4.26. The quantitative estimate of drug-likeness (QED) is 0.180. The Labute approximate surface area is 221 Å². The molecule has 0 aliphatic carbocycles. The molecule has 2 N–H and O–H groups in total. The number of carboxylic acids is 1. The van der Waals surface area contributed by atoms with Gasteiger partial charge in [0.05, 0.1) is 23.8 Å². The first-order valence-electron chi connectivity index (χ1n) is 11.9. The maximum Gasteiger partial charge on any atom is 0.339 e. The van der Waals surface area contributed by atoms with Crippen LogP contribution in [0.5, 0.6) is 17.2 Å². The van der Waals surface area contributed by atoms with Gasteiger partial charge in [0.25, 0.3) is 5.91 Å². The number of benzene rings is 2. The van der Waals surface area contributed by atoms with Crippen molar-refractivity contribution >= 4 is 51.9 Å². The topological polar surface area (TPSA) is 96.3 Å². The first-order chi connectivity index (χ1) is 17.2. The second-order valence-corrected chi connectivity index (χ2v) is 10.2. The molecule has 1 fully saturated rings. The van der Waals surface area contributed by atoms with Crippen LogP contribution in [-0.2, 0) is 4.79 Å². The van der Waals surface area contributed by atoms with Gasteiger partial charge < -0.3 is 19.7 Å². The third-order valence-corrected chi connectivity index (χ3v) is 7.09. The molecule has 0 aromatic heterocycles. The molecule has 2 aromatic rings. The highest BCUT2D eigenvalue weighted by Gasteiger charge is 2.34. The van der Waals surface area contributed by atoms with Crippen LogP contribution in [0.2, 0.25) is 0 Å². The van der Waals surface area contributed by atoms with Gasteiger partial charge in [-0.2, -0.15) is 0 Å². The molecule has 0 saturated carbocycles. The zero-order chi connectivity index (χ0) is 26.2. The zero-order valence-electron chi connectivity index (χ0n) is 20.7. The molecule has 9 heteroatoms. The van der Waals surface area contributed by atoms with Crippen LogP contribution >= 0.6 is 24.0 Å². The maximum atomic E-state index is 13.1. The number of thioether (sulfide) groups is 1. The largest absolute Gasteiger partial charge is 0.507 e. The highest BCUT2D eigenvalue weighted by atomic mass is 32.2. The molecule has 1 amide bonds. The Morgan fingerprint density at radius 3 is 2.58 bits per heavy atom. The number of hydrogen-bond donors (Lipinski definition) is 2.